The number of aliphatic hydroxyl groups is 1. The van der Waals surface area contributed by atoms with Crippen molar-refractivity contribution in [1.82, 2.24) is 15.5 Å². The summed E-state index contributed by atoms with van der Waals surface area (Å²) in [5.74, 6) is -4.20. The molecule has 1 heterocycles. The van der Waals surface area contributed by atoms with Crippen molar-refractivity contribution < 1.29 is 39.3 Å². The summed E-state index contributed by atoms with van der Waals surface area (Å²) in [5.41, 5.74) is 5.62. The minimum Gasteiger partial charge on any atom is -0.481 e. The molecule has 4 atom stereocenters. The molecule has 0 spiro atoms. The van der Waals surface area contributed by atoms with Gasteiger partial charge in [0.2, 0.25) is 17.7 Å². The van der Waals surface area contributed by atoms with Crippen LogP contribution in [-0.4, -0.2) is 99.2 Å². The van der Waals surface area contributed by atoms with Crippen LogP contribution in [0.25, 0.3) is 0 Å². The van der Waals surface area contributed by atoms with Crippen LogP contribution in [0.15, 0.2) is 0 Å². The van der Waals surface area contributed by atoms with E-state index in [1.807, 2.05) is 0 Å². The van der Waals surface area contributed by atoms with Crippen LogP contribution in [0.5, 0.6) is 0 Å². The predicted molar refractivity (Wildman–Crippen MR) is 107 cm³/mol. The molecule has 0 aromatic rings. The van der Waals surface area contributed by atoms with Crippen molar-refractivity contribution in [2.24, 2.45) is 5.73 Å². The van der Waals surface area contributed by atoms with Crippen LogP contribution in [0.2, 0.25) is 0 Å². The molecule has 13 heteroatoms. The van der Waals surface area contributed by atoms with Gasteiger partial charge >= 0.3 is 11.9 Å². The third-order valence-corrected chi connectivity index (χ3v) is 5.23. The predicted octanol–water partition coefficient (Wildman–Crippen LogP) is -2.42. The summed E-state index contributed by atoms with van der Waals surface area (Å²) in [6.45, 7) is -0.575. The van der Waals surface area contributed by atoms with Crippen LogP contribution in [0, 0.1) is 0 Å². The highest BCUT2D eigenvalue weighted by atomic mass is 32.2. The first-order valence-corrected chi connectivity index (χ1v) is 10.7. The molecular weight excluding hydrogens is 420 g/mol. The Hall–Kier alpha value is -2.38. The van der Waals surface area contributed by atoms with Crippen LogP contribution in [0.3, 0.4) is 0 Å². The Kier molecular flexibility index (Phi) is 10.6. The second-order valence-corrected chi connectivity index (χ2v) is 7.80. The quantitative estimate of drug-likeness (QED) is 0.187. The number of aliphatic hydroxyl groups excluding tert-OH is 1. The van der Waals surface area contributed by atoms with Crippen molar-refractivity contribution >= 4 is 41.4 Å². The number of carbonyl (C=O) groups excluding carboxylic acids is 3. The van der Waals surface area contributed by atoms with Gasteiger partial charge in [0.15, 0.2) is 0 Å². The molecule has 0 bridgehead atoms. The Bertz CT molecular complexity index is 662. The highest BCUT2D eigenvalue weighted by Crippen LogP contribution is 2.19. The van der Waals surface area contributed by atoms with Gasteiger partial charge in [-0.05, 0) is 31.3 Å². The van der Waals surface area contributed by atoms with Gasteiger partial charge < -0.3 is 36.6 Å². The number of nitrogens with zero attached hydrogens (tertiary/aromatic N) is 1. The van der Waals surface area contributed by atoms with E-state index in [0.717, 1.165) is 0 Å². The molecular formula is C17H28N4O8S. The third-order valence-electron chi connectivity index (χ3n) is 4.59. The molecule has 12 nitrogen and oxygen atoms in total. The van der Waals surface area contributed by atoms with Crippen LogP contribution >= 0.6 is 11.8 Å². The number of hydrogen-bond acceptors (Lipinski definition) is 8. The molecule has 7 N–H and O–H groups in total. The average molecular weight is 448 g/mol. The number of likely N-dealkylation sites (tertiary alicyclic amines) is 1. The van der Waals surface area contributed by atoms with Crippen molar-refractivity contribution in [2.75, 3.05) is 25.2 Å². The molecule has 1 fully saturated rings. The molecule has 0 aliphatic carbocycles. The van der Waals surface area contributed by atoms with Gasteiger partial charge in [-0.2, -0.15) is 11.8 Å². The van der Waals surface area contributed by atoms with Crippen molar-refractivity contribution in [3.05, 3.63) is 0 Å². The number of hydrogen-bond donors (Lipinski definition) is 6. The Labute approximate surface area is 177 Å². The molecule has 1 rings (SSSR count). The average Bonchev–Trinajstić information content (AvgIpc) is 3.17. The largest absolute Gasteiger partial charge is 0.481 e. The first kappa shape index (κ1) is 25.7. The van der Waals surface area contributed by atoms with E-state index in [1.54, 1.807) is 6.26 Å². The number of amides is 3. The van der Waals surface area contributed by atoms with Crippen molar-refractivity contribution in [3.8, 4) is 0 Å². The number of rotatable bonds is 12. The van der Waals surface area contributed by atoms with E-state index in [4.69, 9.17) is 21.1 Å². The Morgan fingerprint density at radius 1 is 1.17 bits per heavy atom. The Morgan fingerprint density at radius 3 is 2.37 bits per heavy atom. The Morgan fingerprint density at radius 2 is 1.83 bits per heavy atom. The van der Waals surface area contributed by atoms with E-state index >= 15 is 0 Å². The van der Waals surface area contributed by atoms with Gasteiger partial charge in [0.1, 0.15) is 18.1 Å². The lowest BCUT2D eigenvalue weighted by atomic mass is 10.1. The van der Waals surface area contributed by atoms with Crippen molar-refractivity contribution in [1.29, 1.82) is 0 Å². The van der Waals surface area contributed by atoms with Crippen molar-refractivity contribution in [2.45, 2.75) is 49.9 Å². The first-order valence-electron chi connectivity index (χ1n) is 9.33. The number of nitrogens with two attached hydrogens (primary N) is 1. The van der Waals surface area contributed by atoms with Crippen LogP contribution < -0.4 is 16.4 Å². The van der Waals surface area contributed by atoms with E-state index in [-0.39, 0.29) is 13.0 Å². The second kappa shape index (κ2) is 12.3. The van der Waals surface area contributed by atoms with Gasteiger partial charge in [0.25, 0.3) is 0 Å². The van der Waals surface area contributed by atoms with Crippen LogP contribution in [0.4, 0.5) is 0 Å². The minimum atomic E-state index is -1.51. The van der Waals surface area contributed by atoms with Gasteiger partial charge in [-0.1, -0.05) is 0 Å². The molecule has 0 aromatic heterocycles. The van der Waals surface area contributed by atoms with E-state index < -0.39 is 66.9 Å². The summed E-state index contributed by atoms with van der Waals surface area (Å²) < 4.78 is 0. The fourth-order valence-corrected chi connectivity index (χ4v) is 3.49. The molecule has 1 saturated heterocycles. The zero-order valence-corrected chi connectivity index (χ0v) is 17.4. The number of aliphatic carboxylic acids is 2. The lowest BCUT2D eigenvalue weighted by Gasteiger charge is -2.28. The lowest BCUT2D eigenvalue weighted by molar-refractivity contribution is -0.144. The van der Waals surface area contributed by atoms with Gasteiger partial charge in [0.05, 0.1) is 19.1 Å². The molecule has 4 unspecified atom stereocenters. The third kappa shape index (κ3) is 7.46. The minimum absolute atomic E-state index is 0.204. The fourth-order valence-electron chi connectivity index (χ4n) is 3.02. The van der Waals surface area contributed by atoms with E-state index in [9.17, 15) is 24.0 Å². The van der Waals surface area contributed by atoms with E-state index in [0.29, 0.717) is 18.6 Å². The molecule has 0 saturated carbocycles. The maximum absolute atomic E-state index is 12.8. The summed E-state index contributed by atoms with van der Waals surface area (Å²) >= 11 is 1.42. The molecule has 0 radical (unpaired) electrons. The van der Waals surface area contributed by atoms with Gasteiger partial charge in [-0.3, -0.25) is 19.2 Å². The standard InChI is InChI=1S/C17H28N4O8S/c1-30-6-4-10(14(25)20-11(8-22)17(28)29)19-15(26)12-3-2-5-21(12)16(27)9(18)7-13(23)24/h9-12,22H,2-8,18H2,1H3,(H,19,26)(H,20,25)(H,23,24)(H,28,29). The topological polar surface area (TPSA) is 199 Å². The number of carboxylic acid groups (broad SMARTS) is 2. The molecule has 1 aliphatic rings. The van der Waals surface area contributed by atoms with Gasteiger partial charge in [0, 0.05) is 6.54 Å². The zero-order valence-electron chi connectivity index (χ0n) is 16.6. The molecule has 170 valence electrons. The molecule has 3 amide bonds. The maximum Gasteiger partial charge on any atom is 0.328 e. The van der Waals surface area contributed by atoms with Crippen LogP contribution in [-0.2, 0) is 24.0 Å². The normalized spacial score (nSPS) is 18.9. The number of thioether (sulfide) groups is 1. The maximum atomic E-state index is 12.8. The highest BCUT2D eigenvalue weighted by Gasteiger charge is 2.38. The second-order valence-electron chi connectivity index (χ2n) is 6.82. The Balaban J connectivity index is 2.86. The molecule has 1 aliphatic heterocycles. The van der Waals surface area contributed by atoms with Crippen LogP contribution in [0.1, 0.15) is 25.7 Å². The number of nitrogens with one attached hydrogen (secondary N) is 2. The SMILES string of the molecule is CSCCC(NC(=O)C1CCCN1C(=O)C(N)CC(=O)O)C(=O)NC(CO)C(=O)O. The van der Waals surface area contributed by atoms with Gasteiger partial charge in [-0.15, -0.1) is 0 Å². The van der Waals surface area contributed by atoms with Crippen molar-refractivity contribution in [3.63, 3.8) is 0 Å². The smallest absolute Gasteiger partial charge is 0.328 e. The number of carbonyl (C=O) groups is 5. The summed E-state index contributed by atoms with van der Waals surface area (Å²) in [4.78, 5) is 60.7. The first-order chi connectivity index (χ1) is 14.1. The summed E-state index contributed by atoms with van der Waals surface area (Å²) in [7, 11) is 0. The zero-order chi connectivity index (χ0) is 22.8. The number of carboxylic acids is 2. The summed E-state index contributed by atoms with van der Waals surface area (Å²) in [6.07, 6.45) is 2.27. The fraction of sp³-hybridized carbons (Fsp3) is 0.706. The lowest BCUT2D eigenvalue weighted by Crippen LogP contribution is -2.57. The monoisotopic (exact) mass is 448 g/mol. The van der Waals surface area contributed by atoms with E-state index in [2.05, 4.69) is 10.6 Å². The van der Waals surface area contributed by atoms with E-state index in [1.165, 1.54) is 16.7 Å². The molecule has 30 heavy (non-hydrogen) atoms. The van der Waals surface area contributed by atoms with Gasteiger partial charge in [-0.25, -0.2) is 4.79 Å². The summed E-state index contributed by atoms with van der Waals surface area (Å²) in [6, 6.07) is -4.77. The molecule has 0 aromatic carbocycles. The highest BCUT2D eigenvalue weighted by molar-refractivity contribution is 7.98. The summed E-state index contributed by atoms with van der Waals surface area (Å²) in [5, 5.41) is 31.6.